The first kappa shape index (κ1) is 15.6. The summed E-state index contributed by atoms with van der Waals surface area (Å²) >= 11 is 6.10. The van der Waals surface area contributed by atoms with Crippen molar-refractivity contribution in [2.75, 3.05) is 23.8 Å². The third-order valence-electron chi connectivity index (χ3n) is 2.88. The van der Waals surface area contributed by atoms with E-state index in [0.29, 0.717) is 41.2 Å². The van der Waals surface area contributed by atoms with Gasteiger partial charge in [0.25, 0.3) is 5.91 Å². The number of hydrogen-bond donors (Lipinski definition) is 3. The molecule has 3 N–H and O–H groups in total. The minimum Gasteiger partial charge on any atom is -0.482 e. The monoisotopic (exact) mass is 311 g/mol. The number of ether oxygens (including phenoxy) is 1. The zero-order valence-electron chi connectivity index (χ0n) is 12.0. The molecule has 0 bridgehead atoms. The summed E-state index contributed by atoms with van der Waals surface area (Å²) in [6.07, 6.45) is 0.350. The number of hydrogen-bond acceptors (Lipinski definition) is 4. The summed E-state index contributed by atoms with van der Waals surface area (Å²) in [6, 6.07) is 3.52. The number of rotatable bonds is 5. The highest BCUT2D eigenvalue weighted by atomic mass is 35.5. The number of fused-ring (bicyclic) bond motifs is 1. The Hall–Kier alpha value is -1.79. The van der Waals surface area contributed by atoms with Gasteiger partial charge in [-0.3, -0.25) is 9.59 Å². The fourth-order valence-electron chi connectivity index (χ4n) is 1.88. The first-order valence-electron chi connectivity index (χ1n) is 6.75. The van der Waals surface area contributed by atoms with Crippen molar-refractivity contribution in [3.05, 3.63) is 17.2 Å². The van der Waals surface area contributed by atoms with Gasteiger partial charge in [0, 0.05) is 25.1 Å². The van der Waals surface area contributed by atoms with E-state index in [9.17, 15) is 9.59 Å². The molecule has 0 unspecified atom stereocenters. The summed E-state index contributed by atoms with van der Waals surface area (Å²) in [7, 11) is 0. The standard InChI is InChI=1S/C14H18ClN3O3/c1-8(2)16-4-3-13(19)17-10-6-12-11(5-9(10)15)18-14(20)7-21-12/h5-6,8,16H,3-4,7H2,1-2H3,(H,17,19)(H,18,20). The lowest BCUT2D eigenvalue weighted by Gasteiger charge is -2.19. The second-order valence-electron chi connectivity index (χ2n) is 5.07. The van der Waals surface area contributed by atoms with E-state index in [2.05, 4.69) is 16.0 Å². The molecule has 0 aliphatic carbocycles. The first-order valence-corrected chi connectivity index (χ1v) is 7.13. The van der Waals surface area contributed by atoms with Crippen molar-refractivity contribution in [3.63, 3.8) is 0 Å². The molecule has 1 aromatic rings. The molecule has 1 aliphatic rings. The van der Waals surface area contributed by atoms with E-state index in [-0.39, 0.29) is 18.4 Å². The Morgan fingerprint density at radius 2 is 2.24 bits per heavy atom. The summed E-state index contributed by atoms with van der Waals surface area (Å²) in [6.45, 7) is 4.59. The molecule has 21 heavy (non-hydrogen) atoms. The number of nitrogens with one attached hydrogen (secondary N) is 3. The van der Waals surface area contributed by atoms with E-state index in [1.807, 2.05) is 13.8 Å². The quantitative estimate of drug-likeness (QED) is 0.777. The van der Waals surface area contributed by atoms with Crippen molar-refractivity contribution >= 4 is 34.8 Å². The Morgan fingerprint density at radius 1 is 1.48 bits per heavy atom. The number of benzene rings is 1. The molecule has 6 nitrogen and oxygen atoms in total. The van der Waals surface area contributed by atoms with Crippen LogP contribution in [-0.4, -0.2) is 31.0 Å². The molecular formula is C14H18ClN3O3. The van der Waals surface area contributed by atoms with Crippen LogP contribution in [0.15, 0.2) is 12.1 Å². The van der Waals surface area contributed by atoms with Crippen molar-refractivity contribution in [2.45, 2.75) is 26.3 Å². The molecule has 2 amide bonds. The van der Waals surface area contributed by atoms with Crippen molar-refractivity contribution < 1.29 is 14.3 Å². The van der Waals surface area contributed by atoms with Gasteiger partial charge in [0.15, 0.2) is 6.61 Å². The van der Waals surface area contributed by atoms with Crippen molar-refractivity contribution in [1.29, 1.82) is 0 Å². The van der Waals surface area contributed by atoms with Crippen molar-refractivity contribution in [3.8, 4) is 5.75 Å². The number of anilines is 2. The molecule has 7 heteroatoms. The third-order valence-corrected chi connectivity index (χ3v) is 3.19. The summed E-state index contributed by atoms with van der Waals surface area (Å²) in [5, 5.41) is 8.92. The van der Waals surface area contributed by atoms with Gasteiger partial charge in [0.2, 0.25) is 5.91 Å². The topological polar surface area (TPSA) is 79.5 Å². The van der Waals surface area contributed by atoms with Crippen LogP contribution in [0.1, 0.15) is 20.3 Å². The van der Waals surface area contributed by atoms with E-state index in [1.54, 1.807) is 12.1 Å². The van der Waals surface area contributed by atoms with Gasteiger partial charge in [0.05, 0.1) is 16.4 Å². The second kappa shape index (κ2) is 6.78. The van der Waals surface area contributed by atoms with Crippen LogP contribution < -0.4 is 20.7 Å². The lowest BCUT2D eigenvalue weighted by atomic mass is 10.2. The van der Waals surface area contributed by atoms with E-state index in [1.165, 1.54) is 0 Å². The van der Waals surface area contributed by atoms with Gasteiger partial charge in [0.1, 0.15) is 5.75 Å². The molecule has 2 rings (SSSR count). The highest BCUT2D eigenvalue weighted by Crippen LogP contribution is 2.36. The summed E-state index contributed by atoms with van der Waals surface area (Å²) in [5.41, 5.74) is 0.983. The second-order valence-corrected chi connectivity index (χ2v) is 5.48. The maximum Gasteiger partial charge on any atom is 0.262 e. The van der Waals surface area contributed by atoms with Crippen LogP contribution >= 0.6 is 11.6 Å². The third kappa shape index (κ3) is 4.34. The average molecular weight is 312 g/mol. The normalized spacial score (nSPS) is 13.4. The van der Waals surface area contributed by atoms with Crippen LogP contribution in [0.3, 0.4) is 0 Å². The molecular weight excluding hydrogens is 294 g/mol. The number of carbonyl (C=O) groups excluding carboxylic acids is 2. The predicted octanol–water partition coefficient (Wildman–Crippen LogP) is 2.00. The number of amides is 2. The van der Waals surface area contributed by atoms with Gasteiger partial charge >= 0.3 is 0 Å². The number of carbonyl (C=O) groups is 2. The van der Waals surface area contributed by atoms with Gasteiger partial charge < -0.3 is 20.7 Å². The smallest absolute Gasteiger partial charge is 0.262 e. The van der Waals surface area contributed by atoms with Crippen LogP contribution in [0.2, 0.25) is 5.02 Å². The van der Waals surface area contributed by atoms with E-state index < -0.39 is 0 Å². The number of halogens is 1. The molecule has 0 spiro atoms. The van der Waals surface area contributed by atoms with Crippen molar-refractivity contribution in [1.82, 2.24) is 5.32 Å². The van der Waals surface area contributed by atoms with Gasteiger partial charge in [-0.2, -0.15) is 0 Å². The molecule has 0 aromatic heterocycles. The summed E-state index contributed by atoms with van der Waals surface area (Å²) < 4.78 is 5.29. The largest absolute Gasteiger partial charge is 0.482 e. The SMILES string of the molecule is CC(C)NCCC(=O)Nc1cc2c(cc1Cl)NC(=O)CO2. The van der Waals surface area contributed by atoms with E-state index >= 15 is 0 Å². The zero-order valence-corrected chi connectivity index (χ0v) is 12.7. The van der Waals surface area contributed by atoms with Gasteiger partial charge in [-0.15, -0.1) is 0 Å². The van der Waals surface area contributed by atoms with Crippen LogP contribution in [0, 0.1) is 0 Å². The van der Waals surface area contributed by atoms with E-state index in [0.717, 1.165) is 0 Å². The van der Waals surface area contributed by atoms with Gasteiger partial charge in [-0.05, 0) is 6.07 Å². The van der Waals surface area contributed by atoms with Crippen LogP contribution in [-0.2, 0) is 9.59 Å². The van der Waals surface area contributed by atoms with Gasteiger partial charge in [-0.25, -0.2) is 0 Å². The van der Waals surface area contributed by atoms with E-state index in [4.69, 9.17) is 16.3 Å². The van der Waals surface area contributed by atoms with Crippen LogP contribution in [0.25, 0.3) is 0 Å². The minimum absolute atomic E-state index is 0.0413. The molecule has 1 heterocycles. The molecule has 0 radical (unpaired) electrons. The molecule has 114 valence electrons. The maximum absolute atomic E-state index is 11.8. The molecule has 1 aliphatic heterocycles. The Kier molecular flexibility index (Phi) is 5.03. The molecule has 0 saturated carbocycles. The molecule has 0 atom stereocenters. The molecule has 1 aromatic carbocycles. The predicted molar refractivity (Wildman–Crippen MR) is 82.0 cm³/mol. The maximum atomic E-state index is 11.8. The highest BCUT2D eigenvalue weighted by molar-refractivity contribution is 6.34. The Bertz CT molecular complexity index is 561. The molecule has 0 saturated heterocycles. The fourth-order valence-corrected chi connectivity index (χ4v) is 2.09. The highest BCUT2D eigenvalue weighted by Gasteiger charge is 2.18. The van der Waals surface area contributed by atoms with Gasteiger partial charge in [-0.1, -0.05) is 25.4 Å². The Morgan fingerprint density at radius 3 is 2.95 bits per heavy atom. The van der Waals surface area contributed by atoms with Crippen molar-refractivity contribution in [2.24, 2.45) is 0 Å². The summed E-state index contributed by atoms with van der Waals surface area (Å²) in [5.74, 6) is 0.134. The zero-order chi connectivity index (χ0) is 15.4. The fraction of sp³-hybridized carbons (Fsp3) is 0.429. The molecule has 0 fully saturated rings. The average Bonchev–Trinajstić information content (AvgIpc) is 2.39. The lowest BCUT2D eigenvalue weighted by molar-refractivity contribution is -0.118. The minimum atomic E-state index is -0.227. The Balaban J connectivity index is 2.00. The summed E-state index contributed by atoms with van der Waals surface area (Å²) in [4.78, 5) is 23.1. The lowest BCUT2D eigenvalue weighted by Crippen LogP contribution is -2.27. The van der Waals surface area contributed by atoms with Crippen LogP contribution in [0.4, 0.5) is 11.4 Å². The first-order chi connectivity index (χ1) is 9.95. The Labute approximate surface area is 128 Å². The van der Waals surface area contributed by atoms with Crippen LogP contribution in [0.5, 0.6) is 5.75 Å².